The first-order valence-electron chi connectivity index (χ1n) is 6.15. The molecule has 9 heteroatoms. The third-order valence-corrected chi connectivity index (χ3v) is 3.35. The Hall–Kier alpha value is -2.16. The minimum absolute atomic E-state index is 0.138. The van der Waals surface area contributed by atoms with Gasteiger partial charge in [0.05, 0.1) is 25.7 Å². The van der Waals surface area contributed by atoms with Crippen LogP contribution in [0.1, 0.15) is 12.2 Å². The maximum absolute atomic E-state index is 11.1. The lowest BCUT2D eigenvalue weighted by Crippen LogP contribution is -2.47. The van der Waals surface area contributed by atoms with Gasteiger partial charge in [-0.25, -0.2) is 0 Å². The maximum Gasteiger partial charge on any atom is 0.406 e. The van der Waals surface area contributed by atoms with Crippen LogP contribution in [0.3, 0.4) is 0 Å². The highest BCUT2D eigenvalue weighted by Gasteiger charge is 2.34. The molecule has 2 rings (SSSR count). The monoisotopic (exact) mass is 284 g/mol. The maximum atomic E-state index is 11.1. The summed E-state index contributed by atoms with van der Waals surface area (Å²) in [6.45, 7) is 2.70. The molecule has 2 heterocycles. The number of hydrogen-bond donors (Lipinski definition) is 1. The molecule has 0 amide bonds. The molecule has 1 fully saturated rings. The van der Waals surface area contributed by atoms with Crippen LogP contribution in [0.15, 0.2) is 0 Å². The van der Waals surface area contributed by atoms with Crippen LogP contribution >= 0.6 is 0 Å². The van der Waals surface area contributed by atoms with Gasteiger partial charge in [-0.3, -0.25) is 9.36 Å². The van der Waals surface area contributed by atoms with E-state index >= 15 is 0 Å². The second-order valence-electron chi connectivity index (χ2n) is 4.64. The number of rotatable bonds is 4. The van der Waals surface area contributed by atoms with E-state index in [4.69, 9.17) is 9.84 Å². The summed E-state index contributed by atoms with van der Waals surface area (Å²) in [5.74, 6) is -0.372. The standard InChI is InChI=1S/C11H16N4O5/c1-7-12-10(15(18)19)11(13(7)2)14-3-4-20-6-8(14)5-9(16)17/h8H,3-6H2,1-2H3,(H,16,17). The van der Waals surface area contributed by atoms with E-state index in [9.17, 15) is 14.9 Å². The molecule has 1 aromatic heterocycles. The van der Waals surface area contributed by atoms with Gasteiger partial charge in [0.15, 0.2) is 0 Å². The second kappa shape index (κ2) is 5.45. The topological polar surface area (TPSA) is 111 Å². The van der Waals surface area contributed by atoms with Crippen LogP contribution in [0, 0.1) is 17.0 Å². The Bertz CT molecular complexity index is 541. The molecule has 1 aliphatic heterocycles. The molecule has 0 aromatic carbocycles. The largest absolute Gasteiger partial charge is 0.481 e. The quantitative estimate of drug-likeness (QED) is 0.626. The predicted molar refractivity (Wildman–Crippen MR) is 68.8 cm³/mol. The lowest BCUT2D eigenvalue weighted by molar-refractivity contribution is -0.388. The van der Waals surface area contributed by atoms with E-state index in [0.717, 1.165) is 0 Å². The van der Waals surface area contributed by atoms with Crippen LogP contribution in [0.4, 0.5) is 11.6 Å². The number of aliphatic carboxylic acids is 1. The van der Waals surface area contributed by atoms with Gasteiger partial charge in [0.1, 0.15) is 0 Å². The van der Waals surface area contributed by atoms with Gasteiger partial charge in [0.2, 0.25) is 11.6 Å². The number of hydrogen-bond acceptors (Lipinski definition) is 6. The highest BCUT2D eigenvalue weighted by Crippen LogP contribution is 2.31. The number of ether oxygens (including phenoxy) is 1. The fourth-order valence-electron chi connectivity index (χ4n) is 2.33. The van der Waals surface area contributed by atoms with Gasteiger partial charge in [-0.2, -0.15) is 0 Å². The third kappa shape index (κ3) is 2.57. The Morgan fingerprint density at radius 3 is 2.95 bits per heavy atom. The fourth-order valence-corrected chi connectivity index (χ4v) is 2.33. The summed E-state index contributed by atoms with van der Waals surface area (Å²) in [7, 11) is 1.68. The zero-order valence-corrected chi connectivity index (χ0v) is 11.3. The number of imidazole rings is 1. The van der Waals surface area contributed by atoms with E-state index in [2.05, 4.69) is 4.98 Å². The molecule has 1 unspecified atom stereocenters. The van der Waals surface area contributed by atoms with Crippen molar-refractivity contribution in [1.29, 1.82) is 0 Å². The van der Waals surface area contributed by atoms with Gasteiger partial charge in [-0.1, -0.05) is 0 Å². The highest BCUT2D eigenvalue weighted by molar-refractivity contribution is 5.69. The van der Waals surface area contributed by atoms with E-state index < -0.39 is 16.9 Å². The molecular weight excluding hydrogens is 268 g/mol. The van der Waals surface area contributed by atoms with Crippen LogP contribution in [0.2, 0.25) is 0 Å². The molecule has 1 aromatic rings. The number of nitro groups is 1. The van der Waals surface area contributed by atoms with E-state index in [1.807, 2.05) is 0 Å². The number of morpholine rings is 1. The van der Waals surface area contributed by atoms with Crippen LogP contribution < -0.4 is 4.90 Å². The molecule has 1 aliphatic rings. The van der Waals surface area contributed by atoms with E-state index in [1.165, 1.54) is 0 Å². The van der Waals surface area contributed by atoms with Crippen molar-refractivity contribution in [2.75, 3.05) is 24.7 Å². The summed E-state index contributed by atoms with van der Waals surface area (Å²) >= 11 is 0. The molecule has 0 saturated carbocycles. The summed E-state index contributed by atoms with van der Waals surface area (Å²) < 4.78 is 6.89. The summed E-state index contributed by atoms with van der Waals surface area (Å²) in [6, 6.07) is -0.435. The number of aromatic nitrogens is 2. The van der Waals surface area contributed by atoms with E-state index in [0.29, 0.717) is 24.8 Å². The van der Waals surface area contributed by atoms with Crippen molar-refractivity contribution in [2.24, 2.45) is 7.05 Å². The first-order valence-corrected chi connectivity index (χ1v) is 6.15. The number of anilines is 1. The van der Waals surface area contributed by atoms with Gasteiger partial charge in [0, 0.05) is 20.5 Å². The first kappa shape index (κ1) is 14.3. The van der Waals surface area contributed by atoms with Gasteiger partial charge >= 0.3 is 11.8 Å². The smallest absolute Gasteiger partial charge is 0.406 e. The minimum Gasteiger partial charge on any atom is -0.481 e. The SMILES string of the molecule is Cc1nc([N+](=O)[O-])c(N2CCOCC2CC(=O)O)n1C. The molecule has 110 valence electrons. The average Bonchev–Trinajstić information content (AvgIpc) is 2.66. The van der Waals surface area contributed by atoms with Crippen LogP contribution in [-0.2, 0) is 16.6 Å². The number of carboxylic acid groups (broad SMARTS) is 1. The second-order valence-corrected chi connectivity index (χ2v) is 4.64. The lowest BCUT2D eigenvalue weighted by atomic mass is 10.1. The molecule has 1 saturated heterocycles. The molecule has 1 atom stereocenters. The molecule has 0 radical (unpaired) electrons. The number of aryl methyl sites for hydroxylation is 1. The van der Waals surface area contributed by atoms with Crippen molar-refractivity contribution in [2.45, 2.75) is 19.4 Å². The molecule has 9 nitrogen and oxygen atoms in total. The third-order valence-electron chi connectivity index (χ3n) is 3.35. The van der Waals surface area contributed by atoms with E-state index in [-0.39, 0.29) is 18.8 Å². The zero-order chi connectivity index (χ0) is 14.9. The molecule has 0 bridgehead atoms. The van der Waals surface area contributed by atoms with E-state index in [1.54, 1.807) is 23.4 Å². The Labute approximate surface area is 114 Å². The zero-order valence-electron chi connectivity index (χ0n) is 11.3. The van der Waals surface area contributed by atoms with Crippen molar-refractivity contribution in [3.63, 3.8) is 0 Å². The normalized spacial score (nSPS) is 19.1. The van der Waals surface area contributed by atoms with Crippen LogP contribution in [0.25, 0.3) is 0 Å². The summed E-state index contributed by atoms with van der Waals surface area (Å²) in [5, 5.41) is 20.1. The van der Waals surface area contributed by atoms with Gasteiger partial charge < -0.3 is 24.9 Å². The molecular formula is C11H16N4O5. The van der Waals surface area contributed by atoms with Crippen molar-refractivity contribution in [3.05, 3.63) is 15.9 Å². The Morgan fingerprint density at radius 1 is 1.65 bits per heavy atom. The van der Waals surface area contributed by atoms with Crippen LogP contribution in [0.5, 0.6) is 0 Å². The summed E-state index contributed by atoms with van der Waals surface area (Å²) in [5.41, 5.74) is 0. The van der Waals surface area contributed by atoms with Crippen molar-refractivity contribution < 1.29 is 19.6 Å². The number of carbonyl (C=O) groups is 1. The minimum atomic E-state index is -0.966. The molecule has 0 spiro atoms. The number of carboxylic acids is 1. The fraction of sp³-hybridized carbons (Fsp3) is 0.636. The van der Waals surface area contributed by atoms with Crippen molar-refractivity contribution in [1.82, 2.24) is 9.55 Å². The summed E-state index contributed by atoms with van der Waals surface area (Å²) in [6.07, 6.45) is -0.138. The predicted octanol–water partition coefficient (Wildman–Crippen LogP) is 0.317. The first-order chi connectivity index (χ1) is 9.41. The van der Waals surface area contributed by atoms with Gasteiger partial charge in [-0.15, -0.1) is 0 Å². The molecule has 0 aliphatic carbocycles. The number of nitrogens with zero attached hydrogens (tertiary/aromatic N) is 4. The Balaban J connectivity index is 2.41. The summed E-state index contributed by atoms with van der Waals surface area (Å²) in [4.78, 5) is 27.1. The van der Waals surface area contributed by atoms with Crippen molar-refractivity contribution >= 4 is 17.6 Å². The molecule has 20 heavy (non-hydrogen) atoms. The van der Waals surface area contributed by atoms with Gasteiger partial charge in [-0.05, 0) is 9.91 Å². The van der Waals surface area contributed by atoms with Crippen LogP contribution in [-0.4, -0.2) is 51.4 Å². The average molecular weight is 284 g/mol. The Morgan fingerprint density at radius 2 is 2.35 bits per heavy atom. The Kier molecular flexibility index (Phi) is 3.89. The van der Waals surface area contributed by atoms with Gasteiger partial charge in [0.25, 0.3) is 0 Å². The van der Waals surface area contributed by atoms with Crippen molar-refractivity contribution in [3.8, 4) is 0 Å². The highest BCUT2D eigenvalue weighted by atomic mass is 16.6. The molecule has 1 N–H and O–H groups in total. The lowest BCUT2D eigenvalue weighted by Gasteiger charge is -2.35.